The van der Waals surface area contributed by atoms with Crippen molar-refractivity contribution in [1.29, 1.82) is 0 Å². The van der Waals surface area contributed by atoms with Gasteiger partial charge in [0.25, 0.3) is 5.91 Å². The van der Waals surface area contributed by atoms with Gasteiger partial charge in [0.15, 0.2) is 0 Å². The summed E-state index contributed by atoms with van der Waals surface area (Å²) in [4.78, 5) is 12.4. The van der Waals surface area contributed by atoms with Crippen LogP contribution in [0.3, 0.4) is 0 Å². The number of carbonyl (C=O) groups is 1. The van der Waals surface area contributed by atoms with Crippen LogP contribution in [0.15, 0.2) is 42.5 Å². The van der Waals surface area contributed by atoms with Gasteiger partial charge in [0, 0.05) is 11.3 Å². The maximum atomic E-state index is 12.4. The summed E-state index contributed by atoms with van der Waals surface area (Å²) in [7, 11) is -3.39. The van der Waals surface area contributed by atoms with Crippen molar-refractivity contribution in [2.45, 2.75) is 27.2 Å². The lowest BCUT2D eigenvalue weighted by molar-refractivity contribution is 0.102. The predicted molar refractivity (Wildman–Crippen MR) is 104 cm³/mol. The van der Waals surface area contributed by atoms with Gasteiger partial charge in [-0.15, -0.1) is 0 Å². The van der Waals surface area contributed by atoms with Crippen molar-refractivity contribution < 1.29 is 17.9 Å². The van der Waals surface area contributed by atoms with Gasteiger partial charge in [0.2, 0.25) is 10.0 Å². The van der Waals surface area contributed by atoms with E-state index in [1.54, 1.807) is 56.3 Å². The van der Waals surface area contributed by atoms with Crippen molar-refractivity contribution in [3.05, 3.63) is 53.6 Å². The van der Waals surface area contributed by atoms with Crippen molar-refractivity contribution in [1.82, 2.24) is 0 Å². The highest BCUT2D eigenvalue weighted by Crippen LogP contribution is 2.25. The molecule has 0 fully saturated rings. The minimum Gasteiger partial charge on any atom is -0.494 e. The molecule has 0 saturated heterocycles. The van der Waals surface area contributed by atoms with Crippen LogP contribution in [0.2, 0.25) is 0 Å². The Morgan fingerprint density at radius 3 is 2.31 bits per heavy atom. The van der Waals surface area contributed by atoms with Crippen LogP contribution < -0.4 is 14.8 Å². The second-order valence-corrected chi connectivity index (χ2v) is 7.65. The third-order valence-electron chi connectivity index (χ3n) is 3.75. The van der Waals surface area contributed by atoms with Crippen LogP contribution in [0, 0.1) is 6.92 Å². The molecule has 0 saturated carbocycles. The Labute approximate surface area is 154 Å². The van der Waals surface area contributed by atoms with Gasteiger partial charge in [0.1, 0.15) is 5.75 Å². The summed E-state index contributed by atoms with van der Waals surface area (Å²) in [5.74, 6) is 0.479. The van der Waals surface area contributed by atoms with E-state index >= 15 is 0 Å². The number of rotatable bonds is 8. The van der Waals surface area contributed by atoms with Gasteiger partial charge in [-0.3, -0.25) is 9.52 Å². The molecule has 0 unspecified atom stereocenters. The van der Waals surface area contributed by atoms with Gasteiger partial charge in [0.05, 0.1) is 18.0 Å². The monoisotopic (exact) mass is 376 g/mol. The molecule has 140 valence electrons. The minimum absolute atomic E-state index is 0.0508. The zero-order chi connectivity index (χ0) is 19.2. The first kappa shape index (κ1) is 19.8. The third kappa shape index (κ3) is 5.23. The lowest BCUT2D eigenvalue weighted by atomic mass is 10.1. The molecule has 0 heterocycles. The van der Waals surface area contributed by atoms with Crippen molar-refractivity contribution in [2.24, 2.45) is 0 Å². The molecule has 7 heteroatoms. The van der Waals surface area contributed by atoms with E-state index in [-0.39, 0.29) is 11.7 Å². The molecule has 6 nitrogen and oxygen atoms in total. The number of amides is 1. The normalized spacial score (nSPS) is 11.0. The average Bonchev–Trinajstić information content (AvgIpc) is 2.59. The van der Waals surface area contributed by atoms with Crippen molar-refractivity contribution >= 4 is 27.3 Å². The van der Waals surface area contributed by atoms with Gasteiger partial charge in [-0.05, 0) is 62.2 Å². The molecule has 0 atom stereocenters. The molecule has 1 amide bonds. The van der Waals surface area contributed by atoms with Gasteiger partial charge in [-0.1, -0.05) is 13.0 Å². The molecule has 2 N–H and O–H groups in total. The Bertz CT molecular complexity index is 862. The van der Waals surface area contributed by atoms with Crippen molar-refractivity contribution in [3.8, 4) is 5.75 Å². The van der Waals surface area contributed by atoms with Crippen LogP contribution in [0.4, 0.5) is 11.4 Å². The number of sulfonamides is 1. The van der Waals surface area contributed by atoms with E-state index in [4.69, 9.17) is 4.74 Å². The van der Waals surface area contributed by atoms with E-state index in [1.807, 2.05) is 6.92 Å². The number of ether oxygens (including phenoxy) is 1. The Kier molecular flexibility index (Phi) is 6.63. The highest BCUT2D eigenvalue weighted by Gasteiger charge is 2.14. The third-order valence-corrected chi connectivity index (χ3v) is 5.22. The molecule has 0 bridgehead atoms. The number of hydrogen-bond donors (Lipinski definition) is 2. The number of carbonyl (C=O) groups excluding carboxylic acids is 1. The quantitative estimate of drug-likeness (QED) is 0.734. The standard InChI is InChI=1S/C19H24N2O4S/c1-4-13-26(23,24)21-18-8-6-7-17(14(18)3)20-19(22)15-9-11-16(12-10-15)25-5-2/h6-12,21H,4-5,13H2,1-3H3,(H,20,22). The zero-order valence-corrected chi connectivity index (χ0v) is 16.0. The average molecular weight is 376 g/mol. The highest BCUT2D eigenvalue weighted by molar-refractivity contribution is 7.92. The molecule has 0 spiro atoms. The molecule has 0 aliphatic rings. The van der Waals surface area contributed by atoms with Crippen LogP contribution >= 0.6 is 0 Å². The molecular weight excluding hydrogens is 352 g/mol. The predicted octanol–water partition coefficient (Wildman–Crippen LogP) is 3.80. The van der Waals surface area contributed by atoms with Crippen molar-refractivity contribution in [3.63, 3.8) is 0 Å². The van der Waals surface area contributed by atoms with Crippen molar-refractivity contribution in [2.75, 3.05) is 22.4 Å². The summed E-state index contributed by atoms with van der Waals surface area (Å²) in [6.07, 6.45) is 0.530. The van der Waals surface area contributed by atoms with Gasteiger partial charge >= 0.3 is 0 Å². The Hall–Kier alpha value is -2.54. The second-order valence-electron chi connectivity index (χ2n) is 5.81. The van der Waals surface area contributed by atoms with E-state index < -0.39 is 10.0 Å². The van der Waals surface area contributed by atoms with Crippen LogP contribution in [0.5, 0.6) is 5.75 Å². The molecule has 2 aromatic carbocycles. The SMILES string of the molecule is CCCS(=O)(=O)Nc1cccc(NC(=O)c2ccc(OCC)cc2)c1C. The fourth-order valence-electron chi connectivity index (χ4n) is 2.43. The van der Waals surface area contributed by atoms with Crippen LogP contribution in [-0.4, -0.2) is 26.7 Å². The van der Waals surface area contributed by atoms with Crippen LogP contribution in [0.25, 0.3) is 0 Å². The lowest BCUT2D eigenvalue weighted by Gasteiger charge is -2.14. The van der Waals surface area contributed by atoms with E-state index in [9.17, 15) is 13.2 Å². The molecule has 0 radical (unpaired) electrons. The molecule has 26 heavy (non-hydrogen) atoms. The number of benzene rings is 2. The molecule has 0 aliphatic heterocycles. The van der Waals surface area contributed by atoms with Crippen LogP contribution in [0.1, 0.15) is 36.2 Å². The Morgan fingerprint density at radius 1 is 1.04 bits per heavy atom. The second kappa shape index (κ2) is 8.71. The number of hydrogen-bond acceptors (Lipinski definition) is 4. The van der Waals surface area contributed by atoms with Gasteiger partial charge < -0.3 is 10.1 Å². The molecule has 2 rings (SSSR count). The summed E-state index contributed by atoms with van der Waals surface area (Å²) in [5, 5.41) is 2.82. The Balaban J connectivity index is 2.16. The summed E-state index contributed by atoms with van der Waals surface area (Å²) < 4.78 is 31.9. The number of nitrogens with one attached hydrogen (secondary N) is 2. The minimum atomic E-state index is -3.39. The van der Waals surface area contributed by atoms with E-state index in [0.29, 0.717) is 41.3 Å². The van der Waals surface area contributed by atoms with E-state index in [0.717, 1.165) is 0 Å². The van der Waals surface area contributed by atoms with E-state index in [1.165, 1.54) is 0 Å². The maximum Gasteiger partial charge on any atom is 0.255 e. The highest BCUT2D eigenvalue weighted by atomic mass is 32.2. The first-order valence-electron chi connectivity index (χ1n) is 8.50. The summed E-state index contributed by atoms with van der Waals surface area (Å²) in [5.41, 5.74) is 2.17. The van der Waals surface area contributed by atoms with E-state index in [2.05, 4.69) is 10.0 Å². The topological polar surface area (TPSA) is 84.5 Å². The summed E-state index contributed by atoms with van der Waals surface area (Å²) in [6.45, 7) is 6.02. The van der Waals surface area contributed by atoms with Crippen LogP contribution in [-0.2, 0) is 10.0 Å². The molecule has 0 aromatic heterocycles. The zero-order valence-electron chi connectivity index (χ0n) is 15.2. The Morgan fingerprint density at radius 2 is 1.69 bits per heavy atom. The lowest BCUT2D eigenvalue weighted by Crippen LogP contribution is -2.18. The maximum absolute atomic E-state index is 12.4. The fraction of sp³-hybridized carbons (Fsp3) is 0.316. The number of anilines is 2. The molecule has 2 aromatic rings. The first-order chi connectivity index (χ1) is 12.4. The largest absolute Gasteiger partial charge is 0.494 e. The fourth-order valence-corrected chi connectivity index (χ4v) is 3.63. The van der Waals surface area contributed by atoms with Gasteiger partial charge in [-0.2, -0.15) is 0 Å². The van der Waals surface area contributed by atoms with Gasteiger partial charge in [-0.25, -0.2) is 8.42 Å². The first-order valence-corrected chi connectivity index (χ1v) is 10.2. The molecular formula is C19H24N2O4S. The summed E-state index contributed by atoms with van der Waals surface area (Å²) in [6, 6.07) is 12.0. The molecule has 0 aliphatic carbocycles. The summed E-state index contributed by atoms with van der Waals surface area (Å²) >= 11 is 0. The smallest absolute Gasteiger partial charge is 0.255 e.